The maximum absolute atomic E-state index is 11.5. The first-order valence-electron chi connectivity index (χ1n) is 7.08. The van der Waals surface area contributed by atoms with Gasteiger partial charge in [0.25, 0.3) is 20.2 Å². The van der Waals surface area contributed by atoms with E-state index in [9.17, 15) is 21.4 Å². The van der Waals surface area contributed by atoms with Gasteiger partial charge in [-0.15, -0.1) is 0 Å². The van der Waals surface area contributed by atoms with Crippen molar-refractivity contribution >= 4 is 26.2 Å². The first-order chi connectivity index (χ1) is 11.5. The Morgan fingerprint density at radius 3 is 2.20 bits per heavy atom. The Morgan fingerprint density at radius 1 is 1.00 bits per heavy atom. The second kappa shape index (κ2) is 7.00. The Hall–Kier alpha value is -2.15. The number of nitrogens with two attached hydrogens (primary N) is 1. The molecule has 0 radical (unpaired) electrons. The van der Waals surface area contributed by atoms with Crippen LogP contribution < -0.4 is 5.73 Å². The van der Waals surface area contributed by atoms with Crippen molar-refractivity contribution in [3.8, 4) is 0 Å². The second-order valence-electron chi connectivity index (χ2n) is 5.17. The summed E-state index contributed by atoms with van der Waals surface area (Å²) < 4.78 is 64.0. The normalized spacial score (nSPS) is 12.3. The summed E-state index contributed by atoms with van der Waals surface area (Å²) in [5.41, 5.74) is 5.49. The van der Waals surface area contributed by atoms with Crippen molar-refractivity contribution in [2.24, 2.45) is 0 Å². The van der Waals surface area contributed by atoms with Crippen molar-refractivity contribution in [3.63, 3.8) is 0 Å². The third-order valence-corrected chi connectivity index (χ3v) is 4.98. The zero-order valence-electron chi connectivity index (χ0n) is 13.1. The van der Waals surface area contributed by atoms with Crippen molar-refractivity contribution < 1.29 is 25.9 Å². The highest BCUT2D eigenvalue weighted by Crippen LogP contribution is 2.22. The van der Waals surface area contributed by atoms with E-state index in [-0.39, 0.29) is 23.8 Å². The summed E-state index contributed by atoms with van der Waals surface area (Å²) in [5.74, 6) is 0.450. The Labute approximate surface area is 144 Å². The summed E-state index contributed by atoms with van der Waals surface area (Å²) in [6, 6.07) is 2.68. The molecule has 1 heterocycles. The van der Waals surface area contributed by atoms with Crippen LogP contribution in [0.1, 0.15) is 30.6 Å². The van der Waals surface area contributed by atoms with Crippen molar-refractivity contribution in [3.05, 3.63) is 35.4 Å². The largest absolute Gasteiger partial charge is 0.368 e. The van der Waals surface area contributed by atoms with Gasteiger partial charge in [-0.25, -0.2) is 4.98 Å². The van der Waals surface area contributed by atoms with E-state index < -0.39 is 30.0 Å². The van der Waals surface area contributed by atoms with Gasteiger partial charge in [0.05, 0.1) is 9.79 Å². The minimum Gasteiger partial charge on any atom is -0.368 e. The molecule has 0 unspecified atom stereocenters. The molecule has 25 heavy (non-hydrogen) atoms. The maximum Gasteiger partial charge on any atom is 0.294 e. The monoisotopic (exact) mass is 388 g/mol. The number of anilines is 1. The summed E-state index contributed by atoms with van der Waals surface area (Å²) in [5, 5.41) is 0. The number of nitrogens with zero attached hydrogens (tertiary/aromatic N) is 3. The molecular formula is C13H16N4O6S2. The molecule has 4 N–H and O–H groups in total. The topological polar surface area (TPSA) is 173 Å². The summed E-state index contributed by atoms with van der Waals surface area (Å²) in [6.45, 7) is 1.91. The van der Waals surface area contributed by atoms with Gasteiger partial charge >= 0.3 is 0 Å². The zero-order valence-corrected chi connectivity index (χ0v) is 14.7. The summed E-state index contributed by atoms with van der Waals surface area (Å²) in [7, 11) is -9.18. The molecule has 1 aromatic heterocycles. The molecule has 2 aromatic rings. The predicted molar refractivity (Wildman–Crippen MR) is 87.1 cm³/mol. The molecule has 136 valence electrons. The van der Waals surface area contributed by atoms with Gasteiger partial charge in [-0.1, -0.05) is 6.92 Å². The number of hydrogen-bond donors (Lipinski definition) is 3. The van der Waals surface area contributed by atoms with Crippen molar-refractivity contribution in [1.82, 2.24) is 15.0 Å². The molecule has 0 aliphatic carbocycles. The van der Waals surface area contributed by atoms with Crippen LogP contribution in [0.4, 0.5) is 5.95 Å². The molecule has 10 nitrogen and oxygen atoms in total. The smallest absolute Gasteiger partial charge is 0.294 e. The van der Waals surface area contributed by atoms with Crippen LogP contribution in [-0.2, 0) is 33.1 Å². The highest BCUT2D eigenvalue weighted by Gasteiger charge is 2.20. The highest BCUT2D eigenvalue weighted by molar-refractivity contribution is 7.86. The van der Waals surface area contributed by atoms with Gasteiger partial charge in [0.2, 0.25) is 5.95 Å². The molecule has 1 aromatic carbocycles. The van der Waals surface area contributed by atoms with Crippen LogP contribution in [-0.4, -0.2) is 40.9 Å². The molecule has 0 bridgehead atoms. The van der Waals surface area contributed by atoms with Gasteiger partial charge in [0, 0.05) is 12.8 Å². The maximum atomic E-state index is 11.5. The summed E-state index contributed by atoms with van der Waals surface area (Å²) in [4.78, 5) is 10.9. The fraction of sp³-hybridized carbons (Fsp3) is 0.308. The van der Waals surface area contributed by atoms with Crippen LogP contribution in [0.25, 0.3) is 0 Å². The Morgan fingerprint density at radius 2 is 1.64 bits per heavy atom. The van der Waals surface area contributed by atoms with Crippen LogP contribution in [0.15, 0.2) is 28.0 Å². The minimum atomic E-state index is -4.63. The first kappa shape index (κ1) is 19.2. The lowest BCUT2D eigenvalue weighted by Gasteiger charge is -2.09. The molecule has 0 amide bonds. The summed E-state index contributed by atoms with van der Waals surface area (Å²) >= 11 is 0. The quantitative estimate of drug-likeness (QED) is 0.591. The Bertz CT molecular complexity index is 1010. The number of benzene rings is 1. The number of aromatic nitrogens is 3. The predicted octanol–water partition coefficient (Wildman–Crippen LogP) is 0.490. The third kappa shape index (κ3) is 4.92. The molecule has 0 aliphatic rings. The van der Waals surface area contributed by atoms with E-state index in [1.54, 1.807) is 0 Å². The van der Waals surface area contributed by atoms with Crippen LogP contribution in [0.2, 0.25) is 0 Å². The van der Waals surface area contributed by atoms with Gasteiger partial charge in [0.1, 0.15) is 11.6 Å². The van der Waals surface area contributed by atoms with Crippen molar-refractivity contribution in [2.45, 2.75) is 36.0 Å². The molecule has 12 heteroatoms. The van der Waals surface area contributed by atoms with E-state index >= 15 is 0 Å². The average molecular weight is 388 g/mol. The fourth-order valence-corrected chi connectivity index (χ4v) is 3.41. The fourth-order valence-electron chi connectivity index (χ4n) is 2.18. The first-order valence-corrected chi connectivity index (χ1v) is 9.96. The second-order valence-corrected chi connectivity index (χ2v) is 7.98. The average Bonchev–Trinajstić information content (AvgIpc) is 2.44. The van der Waals surface area contributed by atoms with Crippen LogP contribution >= 0.6 is 0 Å². The van der Waals surface area contributed by atoms with E-state index in [0.717, 1.165) is 24.6 Å². The van der Waals surface area contributed by atoms with Crippen molar-refractivity contribution in [2.75, 3.05) is 5.73 Å². The molecule has 0 aliphatic heterocycles. The molecule has 0 fully saturated rings. The van der Waals surface area contributed by atoms with Gasteiger partial charge in [-0.2, -0.15) is 26.8 Å². The van der Waals surface area contributed by atoms with Gasteiger partial charge in [-0.3, -0.25) is 9.11 Å². The number of rotatable bonds is 6. The SMILES string of the molecule is CCCc1nc(N)nc(Cc2cc(S(=O)(=O)O)ccc2S(=O)(=O)O)n1. The molecule has 2 rings (SSSR count). The molecule has 0 spiro atoms. The van der Waals surface area contributed by atoms with Crippen LogP contribution in [0.3, 0.4) is 0 Å². The summed E-state index contributed by atoms with van der Waals surface area (Å²) in [6.07, 6.45) is 1.04. The zero-order chi connectivity index (χ0) is 18.8. The molecule has 0 saturated carbocycles. The van der Waals surface area contributed by atoms with Gasteiger partial charge in [-0.05, 0) is 30.2 Å². The van der Waals surface area contributed by atoms with Gasteiger partial charge in [0.15, 0.2) is 0 Å². The number of nitrogen functional groups attached to an aromatic ring is 1. The van der Waals surface area contributed by atoms with Crippen LogP contribution in [0, 0.1) is 0 Å². The lowest BCUT2D eigenvalue weighted by atomic mass is 10.1. The Kier molecular flexibility index (Phi) is 5.37. The van der Waals surface area contributed by atoms with Crippen molar-refractivity contribution in [1.29, 1.82) is 0 Å². The third-order valence-electron chi connectivity index (χ3n) is 3.18. The van der Waals surface area contributed by atoms with E-state index in [4.69, 9.17) is 10.3 Å². The molecule has 0 saturated heterocycles. The standard InChI is InChI=1S/C13H16N4O6S2/c1-2-3-11-15-12(17-13(14)16-11)7-8-6-9(24(18,19)20)4-5-10(8)25(21,22)23/h4-6H,2-3,7H2,1H3,(H,18,19,20)(H,21,22,23)(H2,14,15,16,17). The molecular weight excluding hydrogens is 372 g/mol. The highest BCUT2D eigenvalue weighted by atomic mass is 32.2. The number of aryl methyl sites for hydroxylation is 1. The van der Waals surface area contributed by atoms with Gasteiger partial charge < -0.3 is 5.73 Å². The van der Waals surface area contributed by atoms with E-state index in [2.05, 4.69) is 15.0 Å². The van der Waals surface area contributed by atoms with E-state index in [0.29, 0.717) is 12.2 Å². The number of hydrogen-bond acceptors (Lipinski definition) is 8. The van der Waals surface area contributed by atoms with Crippen LogP contribution in [0.5, 0.6) is 0 Å². The minimum absolute atomic E-state index is 0.0622. The lowest BCUT2D eigenvalue weighted by Crippen LogP contribution is -2.11. The molecule has 0 atom stereocenters. The Balaban J connectivity index is 2.57. The van der Waals surface area contributed by atoms with E-state index in [1.165, 1.54) is 0 Å². The lowest BCUT2D eigenvalue weighted by molar-refractivity contribution is 0.477. The van der Waals surface area contributed by atoms with E-state index in [1.807, 2.05) is 6.92 Å².